The van der Waals surface area contributed by atoms with Crippen LogP contribution in [0.15, 0.2) is 0 Å². The molecule has 3 nitrogen and oxygen atoms in total. The second kappa shape index (κ2) is 5.58. The summed E-state index contributed by atoms with van der Waals surface area (Å²) < 4.78 is 0. The molecule has 3 heteroatoms. The highest BCUT2D eigenvalue weighted by atomic mass is 15.3. The second-order valence-corrected chi connectivity index (χ2v) is 7.71. The number of hydrogen-bond donors (Lipinski definition) is 0. The number of piperidine rings is 3. The first-order valence-electron chi connectivity index (χ1n) is 9.01. The minimum atomic E-state index is 0.886. The Labute approximate surface area is 124 Å². The smallest absolute Gasteiger partial charge is 0.0223 e. The van der Waals surface area contributed by atoms with Crippen LogP contribution in [-0.4, -0.2) is 72.1 Å². The highest BCUT2D eigenvalue weighted by Gasteiger charge is 2.40. The number of piperazine rings is 1. The molecule has 0 aromatic rings. The molecule has 0 N–H and O–H groups in total. The van der Waals surface area contributed by atoms with Gasteiger partial charge in [0.1, 0.15) is 0 Å². The van der Waals surface area contributed by atoms with Crippen molar-refractivity contribution in [1.29, 1.82) is 0 Å². The SMILES string of the molecule is CN1C2CCCC1CC(N1CCN3CCCCC3C1)C2. The van der Waals surface area contributed by atoms with Gasteiger partial charge in [0, 0.05) is 43.8 Å². The molecule has 4 rings (SSSR count). The van der Waals surface area contributed by atoms with Gasteiger partial charge in [0.05, 0.1) is 0 Å². The normalized spacial score (nSPS) is 44.2. The van der Waals surface area contributed by atoms with E-state index in [1.807, 2.05) is 0 Å². The largest absolute Gasteiger partial charge is 0.300 e. The predicted molar refractivity (Wildman–Crippen MR) is 83.0 cm³/mol. The lowest BCUT2D eigenvalue weighted by Crippen LogP contribution is -2.61. The van der Waals surface area contributed by atoms with E-state index in [9.17, 15) is 0 Å². The van der Waals surface area contributed by atoms with E-state index in [4.69, 9.17) is 0 Å². The Hall–Kier alpha value is -0.120. The zero-order valence-corrected chi connectivity index (χ0v) is 13.1. The molecule has 0 aromatic carbocycles. The molecule has 0 saturated carbocycles. The third-order valence-electron chi connectivity index (χ3n) is 6.70. The van der Waals surface area contributed by atoms with Crippen molar-refractivity contribution in [3.05, 3.63) is 0 Å². The molecule has 4 aliphatic heterocycles. The molecular weight excluding hydrogens is 246 g/mol. The molecule has 4 fully saturated rings. The fourth-order valence-corrected chi connectivity index (χ4v) is 5.40. The van der Waals surface area contributed by atoms with E-state index < -0.39 is 0 Å². The maximum Gasteiger partial charge on any atom is 0.0223 e. The first-order valence-corrected chi connectivity index (χ1v) is 9.01. The van der Waals surface area contributed by atoms with Gasteiger partial charge in [-0.25, -0.2) is 0 Å². The highest BCUT2D eigenvalue weighted by molar-refractivity contribution is 4.97. The van der Waals surface area contributed by atoms with Crippen LogP contribution in [0.4, 0.5) is 0 Å². The second-order valence-electron chi connectivity index (χ2n) is 7.71. The molecule has 3 unspecified atom stereocenters. The van der Waals surface area contributed by atoms with Gasteiger partial charge in [-0.1, -0.05) is 12.8 Å². The Balaban J connectivity index is 1.41. The van der Waals surface area contributed by atoms with E-state index >= 15 is 0 Å². The lowest BCUT2D eigenvalue weighted by molar-refractivity contribution is -0.0277. The molecule has 3 atom stereocenters. The van der Waals surface area contributed by atoms with Crippen molar-refractivity contribution in [3.8, 4) is 0 Å². The van der Waals surface area contributed by atoms with Crippen LogP contribution >= 0.6 is 0 Å². The van der Waals surface area contributed by atoms with Crippen LogP contribution in [-0.2, 0) is 0 Å². The summed E-state index contributed by atoms with van der Waals surface area (Å²) in [4.78, 5) is 8.36. The molecule has 20 heavy (non-hydrogen) atoms. The third-order valence-corrected chi connectivity index (χ3v) is 6.70. The lowest BCUT2D eigenvalue weighted by atomic mass is 9.81. The van der Waals surface area contributed by atoms with Gasteiger partial charge < -0.3 is 4.90 Å². The van der Waals surface area contributed by atoms with Gasteiger partial charge in [-0.2, -0.15) is 0 Å². The Morgan fingerprint density at radius 2 is 1.35 bits per heavy atom. The highest BCUT2D eigenvalue weighted by Crippen LogP contribution is 2.35. The summed E-state index contributed by atoms with van der Waals surface area (Å²) in [5.74, 6) is 0. The first kappa shape index (κ1) is 13.5. The fraction of sp³-hybridized carbons (Fsp3) is 1.00. The monoisotopic (exact) mass is 277 g/mol. The number of nitrogens with zero attached hydrogens (tertiary/aromatic N) is 3. The maximum atomic E-state index is 2.88. The lowest BCUT2D eigenvalue weighted by Gasteiger charge is -2.53. The van der Waals surface area contributed by atoms with Crippen molar-refractivity contribution in [3.63, 3.8) is 0 Å². The molecule has 0 radical (unpaired) electrons. The Morgan fingerprint density at radius 1 is 0.650 bits per heavy atom. The molecule has 114 valence electrons. The van der Waals surface area contributed by atoms with Crippen LogP contribution in [0.5, 0.6) is 0 Å². The zero-order chi connectivity index (χ0) is 13.5. The summed E-state index contributed by atoms with van der Waals surface area (Å²) in [6, 6.07) is 3.55. The van der Waals surface area contributed by atoms with Crippen LogP contribution < -0.4 is 0 Å². The van der Waals surface area contributed by atoms with Gasteiger partial charge >= 0.3 is 0 Å². The van der Waals surface area contributed by atoms with Crippen LogP contribution in [0, 0.1) is 0 Å². The van der Waals surface area contributed by atoms with Crippen molar-refractivity contribution >= 4 is 0 Å². The van der Waals surface area contributed by atoms with Crippen molar-refractivity contribution < 1.29 is 0 Å². The summed E-state index contributed by atoms with van der Waals surface area (Å²) in [6.07, 6.45) is 11.6. The predicted octanol–water partition coefficient (Wildman–Crippen LogP) is 2.17. The summed E-state index contributed by atoms with van der Waals surface area (Å²) in [6.45, 7) is 5.42. The minimum Gasteiger partial charge on any atom is -0.300 e. The van der Waals surface area contributed by atoms with Crippen LogP contribution in [0.1, 0.15) is 51.4 Å². The first-order chi connectivity index (χ1) is 9.81. The topological polar surface area (TPSA) is 9.72 Å². The standard InChI is InChI=1S/C17H31N3/c1-18-14-6-4-7-15(18)12-17(11-14)20-10-9-19-8-3-2-5-16(19)13-20/h14-17H,2-13H2,1H3. The van der Waals surface area contributed by atoms with Gasteiger partial charge in [-0.05, 0) is 52.1 Å². The Kier molecular flexibility index (Phi) is 3.78. The minimum absolute atomic E-state index is 0.886. The summed E-state index contributed by atoms with van der Waals surface area (Å²) in [5.41, 5.74) is 0. The quantitative estimate of drug-likeness (QED) is 0.727. The van der Waals surface area contributed by atoms with Gasteiger partial charge in [0.15, 0.2) is 0 Å². The molecular formula is C17H31N3. The average molecular weight is 277 g/mol. The molecule has 4 heterocycles. The van der Waals surface area contributed by atoms with E-state index in [1.54, 1.807) is 0 Å². The van der Waals surface area contributed by atoms with Gasteiger partial charge in [0.2, 0.25) is 0 Å². The summed E-state index contributed by atoms with van der Waals surface area (Å²) >= 11 is 0. The van der Waals surface area contributed by atoms with E-state index in [-0.39, 0.29) is 0 Å². The third kappa shape index (κ3) is 2.42. The molecule has 4 saturated heterocycles. The van der Waals surface area contributed by atoms with Crippen molar-refractivity contribution in [1.82, 2.24) is 14.7 Å². The van der Waals surface area contributed by atoms with Crippen molar-refractivity contribution in [2.24, 2.45) is 0 Å². The molecule has 2 bridgehead atoms. The van der Waals surface area contributed by atoms with E-state index in [0.717, 1.165) is 24.2 Å². The van der Waals surface area contributed by atoms with E-state index in [2.05, 4.69) is 21.7 Å². The fourth-order valence-electron chi connectivity index (χ4n) is 5.40. The van der Waals surface area contributed by atoms with E-state index in [1.165, 1.54) is 77.5 Å². The molecule has 0 aliphatic carbocycles. The van der Waals surface area contributed by atoms with Crippen LogP contribution in [0.2, 0.25) is 0 Å². The van der Waals surface area contributed by atoms with Crippen LogP contribution in [0.3, 0.4) is 0 Å². The number of hydrogen-bond acceptors (Lipinski definition) is 3. The Bertz CT molecular complexity index is 331. The van der Waals surface area contributed by atoms with Gasteiger partial charge in [-0.15, -0.1) is 0 Å². The molecule has 4 aliphatic rings. The molecule has 0 spiro atoms. The Morgan fingerprint density at radius 3 is 2.15 bits per heavy atom. The average Bonchev–Trinajstić information content (AvgIpc) is 2.46. The van der Waals surface area contributed by atoms with Crippen LogP contribution in [0.25, 0.3) is 0 Å². The summed E-state index contributed by atoms with van der Waals surface area (Å²) in [5, 5.41) is 0. The zero-order valence-electron chi connectivity index (χ0n) is 13.1. The van der Waals surface area contributed by atoms with Crippen molar-refractivity contribution in [2.75, 3.05) is 33.2 Å². The van der Waals surface area contributed by atoms with Gasteiger partial charge in [-0.3, -0.25) is 9.80 Å². The number of rotatable bonds is 1. The number of fused-ring (bicyclic) bond motifs is 3. The summed E-state index contributed by atoms with van der Waals surface area (Å²) in [7, 11) is 2.38. The molecule has 0 aromatic heterocycles. The van der Waals surface area contributed by atoms with E-state index in [0.29, 0.717) is 0 Å². The maximum absolute atomic E-state index is 2.88. The van der Waals surface area contributed by atoms with Crippen molar-refractivity contribution in [2.45, 2.75) is 75.5 Å². The van der Waals surface area contributed by atoms with Gasteiger partial charge in [0.25, 0.3) is 0 Å². The molecule has 0 amide bonds.